The first-order valence-corrected chi connectivity index (χ1v) is 9.10. The predicted octanol–water partition coefficient (Wildman–Crippen LogP) is 1.19. The van der Waals surface area contributed by atoms with Crippen molar-refractivity contribution in [2.24, 2.45) is 5.92 Å². The number of carbonyl (C=O) groups excluding carboxylic acids is 2. The predicted molar refractivity (Wildman–Crippen MR) is 95.5 cm³/mol. The average Bonchev–Trinajstić information content (AvgIpc) is 3.16. The zero-order valence-corrected chi connectivity index (χ0v) is 15.8. The number of epoxide rings is 1. The average molecular weight is 378 g/mol. The zero-order chi connectivity index (χ0) is 19.9. The lowest BCUT2D eigenvalue weighted by atomic mass is 9.85. The van der Waals surface area contributed by atoms with Crippen LogP contribution in [0.4, 0.5) is 0 Å². The molecule has 2 heterocycles. The third-order valence-electron chi connectivity index (χ3n) is 5.47. The second-order valence-corrected chi connectivity index (χ2v) is 7.67. The molecule has 3 aliphatic rings. The molecule has 6 atom stereocenters. The van der Waals surface area contributed by atoms with Crippen molar-refractivity contribution in [1.82, 2.24) is 0 Å². The maximum Gasteiger partial charge on any atom is 0.343 e. The number of aliphatic hydroxyl groups excluding tert-OH is 2. The summed E-state index contributed by atoms with van der Waals surface area (Å²) < 4.78 is 16.4. The molecule has 7 heteroatoms. The number of esters is 2. The molecule has 2 fully saturated rings. The van der Waals surface area contributed by atoms with Crippen molar-refractivity contribution in [1.29, 1.82) is 0 Å². The van der Waals surface area contributed by atoms with E-state index in [1.165, 1.54) is 0 Å². The molecule has 3 rings (SSSR count). The van der Waals surface area contributed by atoms with Crippen LogP contribution in [0.2, 0.25) is 0 Å². The zero-order valence-electron chi connectivity index (χ0n) is 15.8. The highest BCUT2D eigenvalue weighted by Gasteiger charge is 2.62. The molecule has 1 aliphatic carbocycles. The Bertz CT molecular complexity index is 718. The number of rotatable bonds is 3. The highest BCUT2D eigenvalue weighted by Crippen LogP contribution is 2.40. The molecule has 0 unspecified atom stereocenters. The minimum atomic E-state index is -1.35. The fourth-order valence-corrected chi connectivity index (χ4v) is 3.84. The van der Waals surface area contributed by atoms with Gasteiger partial charge in [0.2, 0.25) is 5.60 Å². The van der Waals surface area contributed by atoms with Crippen LogP contribution in [0.5, 0.6) is 0 Å². The van der Waals surface area contributed by atoms with Gasteiger partial charge in [-0.1, -0.05) is 23.8 Å². The molecule has 0 saturated carbocycles. The minimum absolute atomic E-state index is 0.249. The van der Waals surface area contributed by atoms with Gasteiger partial charge >= 0.3 is 11.9 Å². The molecule has 27 heavy (non-hydrogen) atoms. The molecule has 2 aliphatic heterocycles. The Morgan fingerprint density at radius 3 is 2.56 bits per heavy atom. The normalized spacial score (nSPS) is 42.9. The Balaban J connectivity index is 1.93. The molecular formula is C20H26O7. The summed E-state index contributed by atoms with van der Waals surface area (Å²) in [5, 5.41) is 19.7. The summed E-state index contributed by atoms with van der Waals surface area (Å²) >= 11 is 0. The quantitative estimate of drug-likeness (QED) is 0.329. The van der Waals surface area contributed by atoms with Gasteiger partial charge < -0.3 is 24.4 Å². The van der Waals surface area contributed by atoms with Crippen molar-refractivity contribution in [2.75, 3.05) is 6.61 Å². The van der Waals surface area contributed by atoms with E-state index in [4.69, 9.17) is 14.2 Å². The van der Waals surface area contributed by atoms with Gasteiger partial charge in [-0.3, -0.25) is 0 Å². The highest BCUT2D eigenvalue weighted by atomic mass is 16.7. The summed E-state index contributed by atoms with van der Waals surface area (Å²) in [6.07, 6.45) is 1.76. The maximum absolute atomic E-state index is 12.7. The van der Waals surface area contributed by atoms with Gasteiger partial charge in [0.25, 0.3) is 0 Å². The standard InChI is InChI=1S/C20H26O7/c1-10-5-14(22)6-11(2)8-16(17-12(3)18(23)25-15(17)7-10)26-19(24)20(9-21)13(4)27-20/h6-7,13-17,21-22H,3,5,8-9H2,1-2,4H3/b10-7+,11-6-/t13-,14+,15-,16-,17+,20-/m1/s1. The second-order valence-electron chi connectivity index (χ2n) is 7.67. The number of carbonyl (C=O) groups is 2. The smallest absolute Gasteiger partial charge is 0.343 e. The van der Waals surface area contributed by atoms with Crippen LogP contribution in [0.25, 0.3) is 0 Å². The van der Waals surface area contributed by atoms with Gasteiger partial charge in [-0.25, -0.2) is 9.59 Å². The van der Waals surface area contributed by atoms with E-state index in [1.54, 1.807) is 19.1 Å². The van der Waals surface area contributed by atoms with Crippen molar-refractivity contribution in [3.63, 3.8) is 0 Å². The second kappa shape index (κ2) is 7.22. The summed E-state index contributed by atoms with van der Waals surface area (Å²) in [6.45, 7) is 8.72. The lowest BCUT2D eigenvalue weighted by Crippen LogP contribution is -2.40. The summed E-state index contributed by atoms with van der Waals surface area (Å²) in [6, 6.07) is 0. The van der Waals surface area contributed by atoms with Gasteiger partial charge in [-0.15, -0.1) is 0 Å². The van der Waals surface area contributed by atoms with Crippen LogP contribution in [-0.4, -0.2) is 58.8 Å². The Hall–Kier alpha value is -1.96. The maximum atomic E-state index is 12.7. The lowest BCUT2D eigenvalue weighted by molar-refractivity contribution is -0.160. The topological polar surface area (TPSA) is 106 Å². The third kappa shape index (κ3) is 3.72. The lowest BCUT2D eigenvalue weighted by Gasteiger charge is -2.28. The SMILES string of the molecule is C=C1C(=O)O[C@@H]2/C=C(\C)C[C@H](O)/C=C(/C)C[C@@H](OC(=O)[C@]3(CO)O[C@@H]3C)[C@@H]12. The molecule has 0 aromatic heterocycles. The fraction of sp³-hybridized carbons (Fsp3) is 0.600. The van der Waals surface area contributed by atoms with Crippen molar-refractivity contribution in [3.05, 3.63) is 35.5 Å². The molecule has 0 amide bonds. The van der Waals surface area contributed by atoms with Gasteiger partial charge in [-0.05, 0) is 33.3 Å². The monoisotopic (exact) mass is 378 g/mol. The fourth-order valence-electron chi connectivity index (χ4n) is 3.84. The van der Waals surface area contributed by atoms with Crippen LogP contribution in [-0.2, 0) is 23.8 Å². The van der Waals surface area contributed by atoms with Gasteiger partial charge in [0, 0.05) is 12.0 Å². The van der Waals surface area contributed by atoms with E-state index in [0.29, 0.717) is 12.8 Å². The van der Waals surface area contributed by atoms with Crippen molar-refractivity contribution >= 4 is 11.9 Å². The Labute approximate surface area is 158 Å². The van der Waals surface area contributed by atoms with Gasteiger partial charge in [-0.2, -0.15) is 0 Å². The Kier molecular flexibility index (Phi) is 5.29. The van der Waals surface area contributed by atoms with Gasteiger partial charge in [0.05, 0.1) is 24.7 Å². The molecule has 0 spiro atoms. The van der Waals surface area contributed by atoms with Gasteiger partial charge in [0.1, 0.15) is 12.2 Å². The highest BCUT2D eigenvalue weighted by molar-refractivity contribution is 5.91. The number of hydrogen-bond acceptors (Lipinski definition) is 7. The number of fused-ring (bicyclic) bond motifs is 1. The van der Waals surface area contributed by atoms with E-state index in [2.05, 4.69) is 6.58 Å². The Morgan fingerprint density at radius 1 is 1.33 bits per heavy atom. The molecule has 0 aromatic rings. The van der Waals surface area contributed by atoms with Crippen LogP contribution in [0.15, 0.2) is 35.5 Å². The van der Waals surface area contributed by atoms with Crippen molar-refractivity contribution < 1.29 is 34.0 Å². The molecule has 7 nitrogen and oxygen atoms in total. The molecule has 2 saturated heterocycles. The van der Waals surface area contributed by atoms with E-state index in [0.717, 1.165) is 11.1 Å². The van der Waals surface area contributed by atoms with Crippen LogP contribution in [0, 0.1) is 5.92 Å². The molecule has 2 N–H and O–H groups in total. The minimum Gasteiger partial charge on any atom is -0.459 e. The van der Waals surface area contributed by atoms with Crippen molar-refractivity contribution in [2.45, 2.75) is 63.6 Å². The summed E-state index contributed by atoms with van der Waals surface area (Å²) in [4.78, 5) is 24.8. The Morgan fingerprint density at radius 2 is 1.96 bits per heavy atom. The first-order valence-electron chi connectivity index (χ1n) is 9.10. The molecule has 0 radical (unpaired) electrons. The van der Waals surface area contributed by atoms with Gasteiger partial charge in [0.15, 0.2) is 0 Å². The number of aliphatic hydroxyl groups is 2. The third-order valence-corrected chi connectivity index (χ3v) is 5.47. The van der Waals surface area contributed by atoms with Crippen molar-refractivity contribution in [3.8, 4) is 0 Å². The number of ether oxygens (including phenoxy) is 3. The van der Waals surface area contributed by atoms with E-state index in [-0.39, 0.29) is 5.57 Å². The first kappa shape index (κ1) is 19.8. The van der Waals surface area contributed by atoms with E-state index in [1.807, 2.05) is 13.8 Å². The molecular weight excluding hydrogens is 352 g/mol. The van der Waals surface area contributed by atoms with E-state index in [9.17, 15) is 19.8 Å². The van der Waals surface area contributed by atoms with E-state index < -0.39 is 54.5 Å². The largest absolute Gasteiger partial charge is 0.459 e. The first-order chi connectivity index (χ1) is 12.7. The van der Waals surface area contributed by atoms with Crippen LogP contribution in [0.3, 0.4) is 0 Å². The molecule has 148 valence electrons. The molecule has 0 bridgehead atoms. The summed E-state index contributed by atoms with van der Waals surface area (Å²) in [5.41, 5.74) is 0.586. The van der Waals surface area contributed by atoms with Crippen LogP contribution in [0.1, 0.15) is 33.6 Å². The van der Waals surface area contributed by atoms with Crippen LogP contribution < -0.4 is 0 Å². The molecule has 0 aromatic carbocycles. The summed E-state index contributed by atoms with van der Waals surface area (Å²) in [7, 11) is 0. The van der Waals surface area contributed by atoms with E-state index >= 15 is 0 Å². The summed E-state index contributed by atoms with van der Waals surface area (Å²) in [5.74, 6) is -1.73. The van der Waals surface area contributed by atoms with Crippen LogP contribution >= 0.6 is 0 Å². The number of hydrogen-bond donors (Lipinski definition) is 2.